The van der Waals surface area contributed by atoms with Crippen molar-refractivity contribution in [2.24, 2.45) is 0 Å². The third-order valence-electron chi connectivity index (χ3n) is 5.52. The molecule has 144 valence electrons. The molecule has 1 N–H and O–H groups in total. The van der Waals surface area contributed by atoms with Crippen LogP contribution in [0.4, 0.5) is 5.69 Å². The molecule has 0 spiro atoms. The molecule has 1 amide bonds. The van der Waals surface area contributed by atoms with Crippen LogP contribution in [0.25, 0.3) is 11.1 Å². The highest BCUT2D eigenvalue weighted by molar-refractivity contribution is 6.22. The summed E-state index contributed by atoms with van der Waals surface area (Å²) in [6, 6.07) is 32.6. The van der Waals surface area contributed by atoms with Crippen molar-refractivity contribution in [1.82, 2.24) is 0 Å². The molecule has 0 bridgehead atoms. The minimum absolute atomic E-state index is 0.000585. The molecule has 0 aromatic heterocycles. The van der Waals surface area contributed by atoms with Gasteiger partial charge in [-0.1, -0.05) is 91.0 Å². The molecule has 0 unspecified atom stereocenters. The summed E-state index contributed by atoms with van der Waals surface area (Å²) in [5.41, 5.74) is 5.67. The highest BCUT2D eigenvalue weighted by Crippen LogP contribution is 2.38. The van der Waals surface area contributed by atoms with Gasteiger partial charge in [0, 0.05) is 16.8 Å². The quantitative estimate of drug-likeness (QED) is 0.430. The summed E-state index contributed by atoms with van der Waals surface area (Å²) in [6.07, 6.45) is 0. The van der Waals surface area contributed by atoms with Gasteiger partial charge >= 0.3 is 0 Å². The minimum Gasteiger partial charge on any atom is -0.325 e. The Morgan fingerprint density at radius 2 is 1.13 bits per heavy atom. The fourth-order valence-corrected chi connectivity index (χ4v) is 4.11. The summed E-state index contributed by atoms with van der Waals surface area (Å²) in [7, 11) is 0. The lowest BCUT2D eigenvalue weighted by Crippen LogP contribution is -2.22. The zero-order chi connectivity index (χ0) is 20.5. The van der Waals surface area contributed by atoms with Crippen LogP contribution in [0.2, 0.25) is 0 Å². The molecule has 0 aliphatic heterocycles. The van der Waals surface area contributed by atoms with Gasteiger partial charge in [-0.25, -0.2) is 0 Å². The minimum atomic E-state index is -0.437. The predicted octanol–water partition coefficient (Wildman–Crippen LogP) is 5.67. The number of fused-ring (bicyclic) bond motifs is 3. The normalized spacial score (nSPS) is 11.8. The first kappa shape index (κ1) is 18.1. The van der Waals surface area contributed by atoms with Gasteiger partial charge < -0.3 is 5.32 Å². The van der Waals surface area contributed by atoms with Crippen molar-refractivity contribution < 1.29 is 9.59 Å². The number of rotatable bonds is 4. The van der Waals surface area contributed by atoms with Crippen molar-refractivity contribution in [3.63, 3.8) is 0 Å². The van der Waals surface area contributed by atoms with Gasteiger partial charge in [-0.3, -0.25) is 9.59 Å². The third kappa shape index (κ3) is 3.11. The maximum absolute atomic E-state index is 13.3. The second kappa shape index (κ2) is 7.45. The lowest BCUT2D eigenvalue weighted by atomic mass is 9.90. The van der Waals surface area contributed by atoms with Crippen molar-refractivity contribution in [3.05, 3.63) is 125 Å². The Labute approximate surface area is 175 Å². The van der Waals surface area contributed by atoms with Crippen LogP contribution in [0, 0.1) is 0 Å². The molecule has 5 rings (SSSR count). The molecule has 3 heteroatoms. The van der Waals surface area contributed by atoms with E-state index in [-0.39, 0.29) is 11.7 Å². The maximum Gasteiger partial charge on any atom is 0.236 e. The molecule has 0 atom stereocenters. The Balaban J connectivity index is 1.48. The molecule has 1 aliphatic carbocycles. The summed E-state index contributed by atoms with van der Waals surface area (Å²) in [4.78, 5) is 26.1. The van der Waals surface area contributed by atoms with Crippen molar-refractivity contribution in [2.45, 2.75) is 5.92 Å². The van der Waals surface area contributed by atoms with Gasteiger partial charge in [0.15, 0.2) is 5.78 Å². The average Bonchev–Trinajstić information content (AvgIpc) is 3.07. The number of hydrogen-bond acceptors (Lipinski definition) is 2. The first-order chi connectivity index (χ1) is 14.7. The lowest BCUT2D eigenvalue weighted by Gasteiger charge is -2.18. The zero-order valence-corrected chi connectivity index (χ0v) is 16.2. The molecule has 0 heterocycles. The molecular weight excluding hydrogens is 370 g/mol. The van der Waals surface area contributed by atoms with Crippen LogP contribution >= 0.6 is 0 Å². The highest BCUT2D eigenvalue weighted by atomic mass is 16.2. The lowest BCUT2D eigenvalue weighted by molar-refractivity contribution is -0.116. The monoisotopic (exact) mass is 389 g/mol. The molecule has 3 nitrogen and oxygen atoms in total. The molecule has 0 saturated carbocycles. The molecule has 30 heavy (non-hydrogen) atoms. The molecule has 4 aromatic rings. The van der Waals surface area contributed by atoms with Gasteiger partial charge in [0.1, 0.15) is 0 Å². The Bertz CT molecular complexity index is 1210. The number of benzene rings is 4. The van der Waals surface area contributed by atoms with E-state index in [0.29, 0.717) is 16.8 Å². The Morgan fingerprint density at radius 3 is 1.77 bits per heavy atom. The largest absolute Gasteiger partial charge is 0.325 e. The Kier molecular flexibility index (Phi) is 4.49. The number of carbonyl (C=O) groups is 2. The van der Waals surface area contributed by atoms with E-state index in [2.05, 4.69) is 5.32 Å². The molecule has 0 fully saturated rings. The fourth-order valence-electron chi connectivity index (χ4n) is 4.11. The Hall–Kier alpha value is -3.98. The SMILES string of the molecule is O=C1c2ccccc2-c2ccc(NC(=O)C(c3ccccc3)c3ccccc3)cc21. The highest BCUT2D eigenvalue weighted by Gasteiger charge is 2.27. The summed E-state index contributed by atoms with van der Waals surface area (Å²) in [6.45, 7) is 0. The van der Waals surface area contributed by atoms with Crippen LogP contribution in [0.3, 0.4) is 0 Å². The summed E-state index contributed by atoms with van der Waals surface area (Å²) in [5, 5.41) is 3.02. The second-order valence-electron chi connectivity index (χ2n) is 7.38. The van der Waals surface area contributed by atoms with Crippen LogP contribution in [-0.2, 0) is 4.79 Å². The van der Waals surface area contributed by atoms with Crippen molar-refractivity contribution in [3.8, 4) is 11.1 Å². The van der Waals surface area contributed by atoms with E-state index in [1.807, 2.05) is 97.1 Å². The third-order valence-corrected chi connectivity index (χ3v) is 5.52. The number of ketones is 1. The fraction of sp³-hybridized carbons (Fsp3) is 0.0370. The topological polar surface area (TPSA) is 46.2 Å². The number of hydrogen-bond donors (Lipinski definition) is 1. The van der Waals surface area contributed by atoms with Crippen LogP contribution in [0.15, 0.2) is 103 Å². The van der Waals surface area contributed by atoms with Crippen LogP contribution < -0.4 is 5.32 Å². The summed E-state index contributed by atoms with van der Waals surface area (Å²) >= 11 is 0. The van der Waals surface area contributed by atoms with Crippen molar-refractivity contribution >= 4 is 17.4 Å². The van der Waals surface area contributed by atoms with E-state index in [4.69, 9.17) is 0 Å². The summed E-state index contributed by atoms with van der Waals surface area (Å²) < 4.78 is 0. The molecule has 4 aromatic carbocycles. The number of anilines is 1. The van der Waals surface area contributed by atoms with Gasteiger partial charge in [0.05, 0.1) is 5.92 Å². The standard InChI is InChI=1S/C27H19NO2/c29-26-23-14-8-7-13-21(23)22-16-15-20(17-24(22)26)28-27(30)25(18-9-3-1-4-10-18)19-11-5-2-6-12-19/h1-17,25H,(H,28,30). The molecule has 1 aliphatic rings. The van der Waals surface area contributed by atoms with Crippen molar-refractivity contribution in [1.29, 1.82) is 0 Å². The van der Waals surface area contributed by atoms with E-state index in [1.54, 1.807) is 6.07 Å². The maximum atomic E-state index is 13.3. The van der Waals surface area contributed by atoms with Crippen LogP contribution in [0.5, 0.6) is 0 Å². The second-order valence-corrected chi connectivity index (χ2v) is 7.38. The van der Waals surface area contributed by atoms with E-state index in [0.717, 1.165) is 22.3 Å². The van der Waals surface area contributed by atoms with E-state index < -0.39 is 5.92 Å². The number of carbonyl (C=O) groups excluding carboxylic acids is 2. The first-order valence-electron chi connectivity index (χ1n) is 9.91. The van der Waals surface area contributed by atoms with Crippen molar-refractivity contribution in [2.75, 3.05) is 5.32 Å². The molecule has 0 saturated heterocycles. The van der Waals surface area contributed by atoms with Gasteiger partial charge in [-0.05, 0) is 34.4 Å². The molecule has 0 radical (unpaired) electrons. The van der Waals surface area contributed by atoms with E-state index in [9.17, 15) is 9.59 Å². The smallest absolute Gasteiger partial charge is 0.236 e. The Morgan fingerprint density at radius 1 is 0.600 bits per heavy atom. The van der Waals surface area contributed by atoms with Crippen LogP contribution in [0.1, 0.15) is 33.0 Å². The van der Waals surface area contributed by atoms with Crippen LogP contribution in [-0.4, -0.2) is 11.7 Å². The average molecular weight is 389 g/mol. The van der Waals surface area contributed by atoms with E-state index in [1.165, 1.54) is 0 Å². The number of nitrogens with one attached hydrogen (secondary N) is 1. The summed E-state index contributed by atoms with van der Waals surface area (Å²) in [5.74, 6) is -0.566. The first-order valence-corrected chi connectivity index (χ1v) is 9.91. The number of amides is 1. The zero-order valence-electron chi connectivity index (χ0n) is 16.2. The van der Waals surface area contributed by atoms with Gasteiger partial charge in [0.25, 0.3) is 0 Å². The van der Waals surface area contributed by atoms with E-state index >= 15 is 0 Å². The molecular formula is C27H19NO2. The van der Waals surface area contributed by atoms with Gasteiger partial charge in [-0.2, -0.15) is 0 Å². The predicted molar refractivity (Wildman–Crippen MR) is 119 cm³/mol. The van der Waals surface area contributed by atoms with Gasteiger partial charge in [-0.15, -0.1) is 0 Å². The van der Waals surface area contributed by atoms with Gasteiger partial charge in [0.2, 0.25) is 5.91 Å².